The van der Waals surface area contributed by atoms with Crippen molar-refractivity contribution in [3.63, 3.8) is 0 Å². The van der Waals surface area contributed by atoms with Crippen molar-refractivity contribution < 1.29 is 4.79 Å². The van der Waals surface area contributed by atoms with Crippen LogP contribution in [0.5, 0.6) is 0 Å². The van der Waals surface area contributed by atoms with Crippen LogP contribution in [0.15, 0.2) is 29.6 Å². The number of carbonyl (C=O) groups excluding carboxylic acids is 1. The van der Waals surface area contributed by atoms with E-state index in [0.29, 0.717) is 0 Å². The number of hydrogen-bond donors (Lipinski definition) is 0. The van der Waals surface area contributed by atoms with Gasteiger partial charge in [-0.25, -0.2) is 0 Å². The third-order valence-electron chi connectivity index (χ3n) is 2.65. The highest BCUT2D eigenvalue weighted by molar-refractivity contribution is 7.14. The van der Waals surface area contributed by atoms with Crippen LogP contribution in [-0.2, 0) is 0 Å². The topological polar surface area (TPSA) is 17.1 Å². The largest absolute Gasteiger partial charge is 0.289 e. The van der Waals surface area contributed by atoms with E-state index in [9.17, 15) is 4.79 Å². The molecule has 0 radical (unpaired) electrons. The molecule has 1 aliphatic carbocycles. The zero-order valence-corrected chi connectivity index (χ0v) is 8.52. The van der Waals surface area contributed by atoms with E-state index in [4.69, 9.17) is 0 Å². The van der Waals surface area contributed by atoms with Crippen LogP contribution in [0.4, 0.5) is 0 Å². The van der Waals surface area contributed by atoms with E-state index >= 15 is 0 Å². The van der Waals surface area contributed by atoms with Gasteiger partial charge >= 0.3 is 0 Å². The summed E-state index contributed by atoms with van der Waals surface area (Å²) in [5.74, 6) is 0.181. The average molecular weight is 200 g/mol. The van der Waals surface area contributed by atoms with Crippen molar-refractivity contribution >= 4 is 17.1 Å². The van der Waals surface area contributed by atoms with E-state index < -0.39 is 0 Å². The number of thiophene rings is 1. The highest BCUT2D eigenvalue weighted by atomic mass is 32.1. The van der Waals surface area contributed by atoms with Gasteiger partial charge in [-0.3, -0.25) is 4.79 Å². The predicted molar refractivity (Wildman–Crippen MR) is 57.9 cm³/mol. The Morgan fingerprint density at radius 1 is 1.14 bits per heavy atom. The predicted octanol–water partition coefficient (Wildman–Crippen LogP) is 3.27. The number of benzene rings is 1. The second kappa shape index (κ2) is 2.55. The molecule has 1 nitrogen and oxygen atoms in total. The van der Waals surface area contributed by atoms with Crippen molar-refractivity contribution in [1.82, 2.24) is 0 Å². The Hall–Kier alpha value is -1.41. The third-order valence-corrected chi connectivity index (χ3v) is 3.59. The smallest absolute Gasteiger partial charge is 0.195 e. The third kappa shape index (κ3) is 0.814. The van der Waals surface area contributed by atoms with E-state index in [-0.39, 0.29) is 5.78 Å². The van der Waals surface area contributed by atoms with Crippen LogP contribution in [-0.4, -0.2) is 5.78 Å². The molecule has 1 aromatic heterocycles. The van der Waals surface area contributed by atoms with Gasteiger partial charge in [0.05, 0.1) is 0 Å². The summed E-state index contributed by atoms with van der Waals surface area (Å²) in [5.41, 5.74) is 4.07. The van der Waals surface area contributed by atoms with Crippen molar-refractivity contribution in [1.29, 1.82) is 0 Å². The van der Waals surface area contributed by atoms with Crippen LogP contribution in [0.2, 0.25) is 0 Å². The molecule has 0 spiro atoms. The fourth-order valence-corrected chi connectivity index (χ4v) is 3.00. The Kier molecular flexibility index (Phi) is 1.45. The summed E-state index contributed by atoms with van der Waals surface area (Å²) >= 11 is 1.65. The molecule has 1 aliphatic rings. The maximum absolute atomic E-state index is 11.9. The molecule has 1 aromatic carbocycles. The van der Waals surface area contributed by atoms with Gasteiger partial charge in [-0.2, -0.15) is 0 Å². The first kappa shape index (κ1) is 7.94. The van der Waals surface area contributed by atoms with Crippen molar-refractivity contribution in [2.45, 2.75) is 6.92 Å². The van der Waals surface area contributed by atoms with Gasteiger partial charge in [0.25, 0.3) is 0 Å². The fraction of sp³-hybridized carbons (Fsp3) is 0.0833. The summed E-state index contributed by atoms with van der Waals surface area (Å²) < 4.78 is 0. The van der Waals surface area contributed by atoms with Gasteiger partial charge in [-0.15, -0.1) is 11.3 Å². The average Bonchev–Trinajstić information content (AvgIpc) is 2.72. The summed E-state index contributed by atoms with van der Waals surface area (Å²) in [5, 5.41) is 1.98. The molecule has 2 heteroatoms. The van der Waals surface area contributed by atoms with Crippen molar-refractivity contribution in [2.75, 3.05) is 0 Å². The van der Waals surface area contributed by atoms with Gasteiger partial charge in [0.15, 0.2) is 5.78 Å². The Labute approximate surface area is 86.0 Å². The molecule has 0 bridgehead atoms. The van der Waals surface area contributed by atoms with Gasteiger partial charge in [0.1, 0.15) is 0 Å². The summed E-state index contributed by atoms with van der Waals surface area (Å²) in [7, 11) is 0. The first-order valence-electron chi connectivity index (χ1n) is 4.51. The van der Waals surface area contributed by atoms with Crippen molar-refractivity contribution in [3.8, 4) is 10.4 Å². The van der Waals surface area contributed by atoms with Gasteiger partial charge in [0, 0.05) is 21.6 Å². The molecule has 0 unspecified atom stereocenters. The Balaban J connectivity index is 2.46. The molecule has 0 aliphatic heterocycles. The number of carbonyl (C=O) groups is 1. The molecule has 0 amide bonds. The highest BCUT2D eigenvalue weighted by Crippen LogP contribution is 2.41. The minimum atomic E-state index is 0.181. The van der Waals surface area contributed by atoms with Crippen LogP contribution < -0.4 is 0 Å². The molecule has 0 N–H and O–H groups in total. The summed E-state index contributed by atoms with van der Waals surface area (Å²) in [6.45, 7) is 2.06. The summed E-state index contributed by atoms with van der Waals surface area (Å²) in [6, 6.07) is 7.84. The van der Waals surface area contributed by atoms with E-state index in [0.717, 1.165) is 21.6 Å². The second-order valence-corrected chi connectivity index (χ2v) is 4.41. The molecule has 0 fully saturated rings. The monoisotopic (exact) mass is 200 g/mol. The molecule has 2 aromatic rings. The molecule has 68 valence electrons. The van der Waals surface area contributed by atoms with E-state index in [1.54, 1.807) is 11.3 Å². The second-order valence-electron chi connectivity index (χ2n) is 3.49. The summed E-state index contributed by atoms with van der Waals surface area (Å²) in [4.78, 5) is 13.0. The lowest BCUT2D eigenvalue weighted by atomic mass is 10.0. The van der Waals surface area contributed by atoms with Crippen LogP contribution in [0.3, 0.4) is 0 Å². The Morgan fingerprint density at radius 3 is 2.86 bits per heavy atom. The number of aryl methyl sites for hydroxylation is 1. The van der Waals surface area contributed by atoms with Gasteiger partial charge in [-0.05, 0) is 23.9 Å². The maximum Gasteiger partial charge on any atom is 0.195 e. The lowest BCUT2D eigenvalue weighted by Crippen LogP contribution is -1.93. The highest BCUT2D eigenvalue weighted by Gasteiger charge is 2.28. The molecule has 14 heavy (non-hydrogen) atoms. The lowest BCUT2D eigenvalue weighted by molar-refractivity contribution is 0.104. The zero-order valence-electron chi connectivity index (χ0n) is 7.70. The molecule has 0 saturated heterocycles. The number of fused-ring (bicyclic) bond motifs is 3. The molecular formula is C12H8OS. The minimum absolute atomic E-state index is 0.181. The number of ketones is 1. The van der Waals surface area contributed by atoms with Gasteiger partial charge in [0.2, 0.25) is 0 Å². The van der Waals surface area contributed by atoms with Crippen LogP contribution in [0, 0.1) is 6.92 Å². The number of rotatable bonds is 0. The lowest BCUT2D eigenvalue weighted by Gasteiger charge is -2.01. The van der Waals surface area contributed by atoms with E-state index in [1.165, 1.54) is 5.56 Å². The van der Waals surface area contributed by atoms with Crippen LogP contribution in [0.25, 0.3) is 10.4 Å². The normalized spacial score (nSPS) is 12.8. The Morgan fingerprint density at radius 2 is 2.00 bits per heavy atom. The first-order chi connectivity index (χ1) is 6.79. The Bertz CT molecular complexity index is 537. The minimum Gasteiger partial charge on any atom is -0.289 e. The molecule has 1 heterocycles. The molecule has 3 rings (SSSR count). The van der Waals surface area contributed by atoms with Crippen molar-refractivity contribution in [2.24, 2.45) is 0 Å². The van der Waals surface area contributed by atoms with Crippen molar-refractivity contribution in [3.05, 3.63) is 46.3 Å². The quantitative estimate of drug-likeness (QED) is 0.544. The molecular weight excluding hydrogens is 192 g/mol. The maximum atomic E-state index is 11.9. The van der Waals surface area contributed by atoms with E-state index in [2.05, 4.69) is 13.0 Å². The van der Waals surface area contributed by atoms with E-state index in [1.807, 2.05) is 23.6 Å². The van der Waals surface area contributed by atoms with Gasteiger partial charge < -0.3 is 0 Å². The van der Waals surface area contributed by atoms with Crippen LogP contribution in [0.1, 0.15) is 21.5 Å². The molecule has 0 saturated carbocycles. The SMILES string of the molecule is Cc1cccc2c1-c1sccc1C2=O. The zero-order chi connectivity index (χ0) is 9.71. The summed E-state index contributed by atoms with van der Waals surface area (Å²) in [6.07, 6.45) is 0. The van der Waals surface area contributed by atoms with Gasteiger partial charge in [-0.1, -0.05) is 18.2 Å². The first-order valence-corrected chi connectivity index (χ1v) is 5.39. The van der Waals surface area contributed by atoms with Crippen LogP contribution >= 0.6 is 11.3 Å². The number of hydrogen-bond acceptors (Lipinski definition) is 2. The fourth-order valence-electron chi connectivity index (χ4n) is 1.99. The molecule has 0 atom stereocenters. The standard InChI is InChI=1S/C12H8OS/c1-7-3-2-4-8-10(7)12-9(11(8)13)5-6-14-12/h2-6H,1H3.